The molecule has 25 heavy (non-hydrogen) atoms. The van der Waals surface area contributed by atoms with Crippen molar-refractivity contribution in [3.63, 3.8) is 0 Å². The molecule has 1 aliphatic rings. The molecular weight excluding hydrogens is 348 g/mol. The van der Waals surface area contributed by atoms with Crippen LogP contribution in [-0.2, 0) is 0 Å². The zero-order valence-corrected chi connectivity index (χ0v) is 13.3. The molecule has 0 saturated heterocycles. The molecule has 1 aliphatic heterocycles. The predicted molar refractivity (Wildman–Crippen MR) is 86.6 cm³/mol. The van der Waals surface area contributed by atoms with Crippen LogP contribution in [0.5, 0.6) is 11.5 Å². The third kappa shape index (κ3) is 2.68. The summed E-state index contributed by atoms with van der Waals surface area (Å²) in [5.74, 6) is -0.417. The van der Waals surface area contributed by atoms with Crippen molar-refractivity contribution in [2.24, 2.45) is 5.73 Å². The third-order valence-corrected chi connectivity index (χ3v) is 4.22. The van der Waals surface area contributed by atoms with E-state index in [4.69, 9.17) is 19.7 Å². The topological polar surface area (TPSA) is 130 Å². The van der Waals surface area contributed by atoms with Gasteiger partial charge in [0, 0.05) is 17.1 Å². The van der Waals surface area contributed by atoms with Crippen molar-refractivity contribution in [2.45, 2.75) is 0 Å². The molecule has 0 bridgehead atoms. The molecule has 1 aromatic carbocycles. The summed E-state index contributed by atoms with van der Waals surface area (Å²) >= 11 is 1.27. The highest BCUT2D eigenvalue weighted by Gasteiger charge is 2.26. The van der Waals surface area contributed by atoms with Crippen LogP contribution in [0.2, 0.25) is 0 Å². The van der Waals surface area contributed by atoms with Crippen molar-refractivity contribution in [2.75, 3.05) is 12.1 Å². The van der Waals surface area contributed by atoms with Gasteiger partial charge in [0.05, 0.1) is 0 Å². The largest absolute Gasteiger partial charge is 0.454 e. The monoisotopic (exact) mass is 358 g/mol. The molecule has 0 spiro atoms. The Hall–Kier alpha value is -3.40. The average molecular weight is 358 g/mol. The number of anilines is 1. The van der Waals surface area contributed by atoms with E-state index in [0.717, 1.165) is 0 Å². The number of nitrogens with two attached hydrogens (primary N) is 1. The minimum atomic E-state index is -0.785. The average Bonchev–Trinajstić information content (AvgIpc) is 3.33. The minimum absolute atomic E-state index is 0.0379. The summed E-state index contributed by atoms with van der Waals surface area (Å²) in [6.07, 6.45) is 1.56. The van der Waals surface area contributed by atoms with Gasteiger partial charge < -0.3 is 19.7 Å². The number of hydrogen-bond acceptors (Lipinski definition) is 8. The van der Waals surface area contributed by atoms with Crippen molar-refractivity contribution < 1.29 is 23.6 Å². The highest BCUT2D eigenvalue weighted by Crippen LogP contribution is 2.33. The first-order valence-corrected chi connectivity index (χ1v) is 7.92. The molecule has 4 rings (SSSR count). The Balaban J connectivity index is 1.64. The summed E-state index contributed by atoms with van der Waals surface area (Å²) < 4.78 is 15.5. The van der Waals surface area contributed by atoms with Gasteiger partial charge in [-0.15, -0.1) is 11.3 Å². The number of rotatable bonds is 4. The zero-order valence-electron chi connectivity index (χ0n) is 12.5. The first-order valence-electron chi connectivity index (χ1n) is 7.04. The fraction of sp³-hybridized carbons (Fsp3) is 0.0667. The molecular formula is C15H10N4O5S. The number of nitrogens with zero attached hydrogens (tertiary/aromatic N) is 2. The Kier molecular flexibility index (Phi) is 3.58. The van der Waals surface area contributed by atoms with Crippen LogP contribution in [0.3, 0.4) is 0 Å². The molecule has 3 aromatic rings. The van der Waals surface area contributed by atoms with Crippen LogP contribution < -0.4 is 20.5 Å². The SMILES string of the molecule is NC(=O)c1c(-c2nccs2)noc1NC(=O)c1ccc2c(c1)OCO2. The second-order valence-electron chi connectivity index (χ2n) is 4.96. The van der Waals surface area contributed by atoms with Crippen LogP contribution in [0.15, 0.2) is 34.3 Å². The van der Waals surface area contributed by atoms with Crippen LogP contribution in [0.25, 0.3) is 10.7 Å². The van der Waals surface area contributed by atoms with Crippen molar-refractivity contribution in [1.82, 2.24) is 10.1 Å². The summed E-state index contributed by atoms with van der Waals surface area (Å²) in [5, 5.41) is 8.47. The number of fused-ring (bicyclic) bond motifs is 1. The Morgan fingerprint density at radius 3 is 2.84 bits per heavy atom. The van der Waals surface area contributed by atoms with Crippen molar-refractivity contribution in [1.29, 1.82) is 0 Å². The number of carbonyl (C=O) groups excluding carboxylic acids is 2. The maximum atomic E-state index is 12.4. The van der Waals surface area contributed by atoms with E-state index in [2.05, 4.69) is 15.5 Å². The number of primary amides is 1. The van der Waals surface area contributed by atoms with Gasteiger partial charge in [-0.05, 0) is 18.2 Å². The van der Waals surface area contributed by atoms with Gasteiger partial charge in [0.1, 0.15) is 10.6 Å². The summed E-state index contributed by atoms with van der Waals surface area (Å²) in [5.41, 5.74) is 5.85. The quantitative estimate of drug-likeness (QED) is 0.728. The van der Waals surface area contributed by atoms with Gasteiger partial charge in [-0.2, -0.15) is 0 Å². The number of amides is 2. The molecule has 0 unspecified atom stereocenters. The molecule has 10 heteroatoms. The van der Waals surface area contributed by atoms with E-state index in [0.29, 0.717) is 22.1 Å². The normalized spacial score (nSPS) is 12.2. The number of carbonyl (C=O) groups is 2. The number of thiazole rings is 1. The van der Waals surface area contributed by atoms with E-state index in [1.54, 1.807) is 23.7 Å². The Bertz CT molecular complexity index is 966. The highest BCUT2D eigenvalue weighted by molar-refractivity contribution is 7.13. The smallest absolute Gasteiger partial charge is 0.258 e. The highest BCUT2D eigenvalue weighted by atomic mass is 32.1. The molecule has 0 radical (unpaired) electrons. The molecule has 9 nitrogen and oxygen atoms in total. The number of ether oxygens (including phenoxy) is 2. The van der Waals surface area contributed by atoms with E-state index in [-0.39, 0.29) is 23.9 Å². The van der Waals surface area contributed by atoms with Crippen LogP contribution in [0.1, 0.15) is 20.7 Å². The van der Waals surface area contributed by atoms with Crippen molar-refractivity contribution >= 4 is 29.0 Å². The molecule has 3 heterocycles. The van der Waals surface area contributed by atoms with Gasteiger partial charge in [-0.25, -0.2) is 4.98 Å². The zero-order chi connectivity index (χ0) is 17.4. The van der Waals surface area contributed by atoms with Crippen LogP contribution in [0, 0.1) is 0 Å². The first kappa shape index (κ1) is 15.1. The molecule has 2 amide bonds. The van der Waals surface area contributed by atoms with Crippen LogP contribution in [-0.4, -0.2) is 28.7 Å². The Morgan fingerprint density at radius 1 is 1.24 bits per heavy atom. The lowest BCUT2D eigenvalue weighted by atomic mass is 10.1. The lowest BCUT2D eigenvalue weighted by molar-refractivity contribution is 0.100. The lowest BCUT2D eigenvalue weighted by Gasteiger charge is -2.04. The van der Waals surface area contributed by atoms with E-state index < -0.39 is 11.8 Å². The van der Waals surface area contributed by atoms with Gasteiger partial charge in [0.25, 0.3) is 11.8 Å². The summed E-state index contributed by atoms with van der Waals surface area (Å²) in [7, 11) is 0. The standard InChI is InChI=1S/C15H10N4O5S/c16-12(20)10-11(15-17-3-4-25-15)19-24-14(10)18-13(21)7-1-2-8-9(5-7)23-6-22-8/h1-5H,6H2,(H2,16,20)(H,18,21). The van der Waals surface area contributed by atoms with Crippen LogP contribution >= 0.6 is 11.3 Å². The number of nitrogens with one attached hydrogen (secondary N) is 1. The maximum absolute atomic E-state index is 12.4. The molecule has 2 aromatic heterocycles. The molecule has 0 fully saturated rings. The molecule has 0 aliphatic carbocycles. The van der Waals surface area contributed by atoms with E-state index in [1.165, 1.54) is 17.4 Å². The number of benzene rings is 1. The first-order chi connectivity index (χ1) is 12.1. The second kappa shape index (κ2) is 5.91. The van der Waals surface area contributed by atoms with E-state index in [9.17, 15) is 9.59 Å². The molecule has 3 N–H and O–H groups in total. The Morgan fingerprint density at radius 2 is 2.08 bits per heavy atom. The van der Waals surface area contributed by atoms with Gasteiger partial charge in [0.2, 0.25) is 12.7 Å². The third-order valence-electron chi connectivity index (χ3n) is 3.44. The van der Waals surface area contributed by atoms with Gasteiger partial charge in [-0.3, -0.25) is 14.9 Å². The molecule has 126 valence electrons. The number of hydrogen-bond donors (Lipinski definition) is 2. The van der Waals surface area contributed by atoms with E-state index in [1.807, 2.05) is 0 Å². The van der Waals surface area contributed by atoms with Crippen LogP contribution in [0.4, 0.5) is 5.88 Å². The maximum Gasteiger partial charge on any atom is 0.258 e. The van der Waals surface area contributed by atoms with Crippen molar-refractivity contribution in [3.8, 4) is 22.2 Å². The lowest BCUT2D eigenvalue weighted by Crippen LogP contribution is -2.17. The fourth-order valence-corrected chi connectivity index (χ4v) is 2.93. The van der Waals surface area contributed by atoms with E-state index >= 15 is 0 Å². The second-order valence-corrected chi connectivity index (χ2v) is 5.85. The van der Waals surface area contributed by atoms with Gasteiger partial charge in [-0.1, -0.05) is 5.16 Å². The number of aromatic nitrogens is 2. The van der Waals surface area contributed by atoms with Gasteiger partial charge >= 0.3 is 0 Å². The molecule has 0 saturated carbocycles. The minimum Gasteiger partial charge on any atom is -0.454 e. The summed E-state index contributed by atoms with van der Waals surface area (Å²) in [6, 6.07) is 4.71. The van der Waals surface area contributed by atoms with Crippen molar-refractivity contribution in [3.05, 3.63) is 40.9 Å². The fourth-order valence-electron chi connectivity index (χ4n) is 2.30. The summed E-state index contributed by atoms with van der Waals surface area (Å²) in [6.45, 7) is 0.103. The molecule has 0 atom stereocenters. The predicted octanol–water partition coefficient (Wildman–Crippen LogP) is 1.88. The van der Waals surface area contributed by atoms with Gasteiger partial charge in [0.15, 0.2) is 17.2 Å². The summed E-state index contributed by atoms with van der Waals surface area (Å²) in [4.78, 5) is 28.3. The Labute approximate surface area is 144 Å².